The van der Waals surface area contributed by atoms with Gasteiger partial charge in [0.25, 0.3) is 5.91 Å². The predicted molar refractivity (Wildman–Crippen MR) is 121 cm³/mol. The number of hydrogen-bond donors (Lipinski definition) is 1. The molecule has 0 aliphatic carbocycles. The molecule has 2 aliphatic rings. The standard InChI is InChI=1S/C23H20Cl2N4O2/c1-23(2)21-14(13-6-3-4-9-18(13)27-21)10-19-22(31)28(12-20(30)29(19)23)26-11-15-16(24)7-5-8-17(15)25/h3-9,11,19,27H,10,12H2,1-2H3/t19-/m0/s1. The lowest BCUT2D eigenvalue weighted by Crippen LogP contribution is -2.66. The number of carbonyl (C=O) groups excluding carboxylic acids is 2. The van der Waals surface area contributed by atoms with E-state index in [9.17, 15) is 9.59 Å². The molecule has 2 aromatic carbocycles. The number of aromatic amines is 1. The van der Waals surface area contributed by atoms with Gasteiger partial charge in [-0.3, -0.25) is 9.59 Å². The van der Waals surface area contributed by atoms with Gasteiger partial charge in [-0.25, -0.2) is 5.01 Å². The molecule has 8 heteroatoms. The third-order valence-electron chi connectivity index (χ3n) is 6.16. The Morgan fingerprint density at radius 3 is 2.55 bits per heavy atom. The zero-order valence-corrected chi connectivity index (χ0v) is 18.5. The lowest BCUT2D eigenvalue weighted by atomic mass is 9.82. The van der Waals surface area contributed by atoms with Gasteiger partial charge >= 0.3 is 0 Å². The van der Waals surface area contributed by atoms with Gasteiger partial charge in [0.1, 0.15) is 12.6 Å². The van der Waals surface area contributed by atoms with Crippen LogP contribution in [-0.4, -0.2) is 45.5 Å². The molecule has 1 aromatic heterocycles. The second kappa shape index (κ2) is 7.11. The van der Waals surface area contributed by atoms with Gasteiger partial charge in [-0.05, 0) is 37.6 Å². The summed E-state index contributed by atoms with van der Waals surface area (Å²) in [6.45, 7) is 3.81. The van der Waals surface area contributed by atoms with Crippen LogP contribution in [0.5, 0.6) is 0 Å². The van der Waals surface area contributed by atoms with E-state index in [0.717, 1.165) is 22.2 Å². The van der Waals surface area contributed by atoms with Crippen LogP contribution in [-0.2, 0) is 21.5 Å². The molecule has 0 bridgehead atoms. The quantitative estimate of drug-likeness (QED) is 0.585. The van der Waals surface area contributed by atoms with Crippen LogP contribution in [0.3, 0.4) is 0 Å². The summed E-state index contributed by atoms with van der Waals surface area (Å²) in [5.41, 5.74) is 2.92. The number of hydrazone groups is 1. The highest BCUT2D eigenvalue weighted by atomic mass is 35.5. The maximum absolute atomic E-state index is 13.4. The van der Waals surface area contributed by atoms with Crippen LogP contribution in [0.25, 0.3) is 10.9 Å². The van der Waals surface area contributed by atoms with E-state index in [1.54, 1.807) is 23.1 Å². The van der Waals surface area contributed by atoms with Crippen LogP contribution in [0, 0.1) is 0 Å². The van der Waals surface area contributed by atoms with Gasteiger partial charge in [0.2, 0.25) is 5.91 Å². The van der Waals surface area contributed by atoms with Gasteiger partial charge in [-0.2, -0.15) is 5.10 Å². The van der Waals surface area contributed by atoms with Crippen molar-refractivity contribution in [3.05, 3.63) is 69.3 Å². The Labute approximate surface area is 189 Å². The summed E-state index contributed by atoms with van der Waals surface area (Å²) in [6, 6.07) is 12.5. The number of fused-ring (bicyclic) bond motifs is 4. The Hall–Kier alpha value is -2.83. The first-order valence-corrected chi connectivity index (χ1v) is 10.8. The molecule has 0 spiro atoms. The van der Waals surface area contributed by atoms with Crippen molar-refractivity contribution in [1.82, 2.24) is 14.9 Å². The summed E-state index contributed by atoms with van der Waals surface area (Å²) < 4.78 is 0. The fraction of sp³-hybridized carbons (Fsp3) is 0.261. The van der Waals surface area contributed by atoms with Crippen LogP contribution in [0.15, 0.2) is 47.6 Å². The zero-order chi connectivity index (χ0) is 21.9. The van der Waals surface area contributed by atoms with Crippen molar-refractivity contribution in [2.75, 3.05) is 6.54 Å². The number of nitrogens with zero attached hydrogens (tertiary/aromatic N) is 3. The number of para-hydroxylation sites is 1. The fourth-order valence-corrected chi connectivity index (χ4v) is 5.22. The number of rotatable bonds is 2. The molecule has 5 rings (SSSR count). The fourth-order valence-electron chi connectivity index (χ4n) is 4.73. The maximum atomic E-state index is 13.4. The normalized spacial score (nSPS) is 20.5. The van der Waals surface area contributed by atoms with E-state index in [1.807, 2.05) is 38.1 Å². The highest BCUT2D eigenvalue weighted by Crippen LogP contribution is 2.42. The van der Waals surface area contributed by atoms with Crippen molar-refractivity contribution < 1.29 is 9.59 Å². The number of amides is 2. The molecule has 1 saturated heterocycles. The maximum Gasteiger partial charge on any atom is 0.266 e. The smallest absolute Gasteiger partial charge is 0.266 e. The molecule has 1 fully saturated rings. The third kappa shape index (κ3) is 3.05. The molecule has 3 heterocycles. The van der Waals surface area contributed by atoms with E-state index in [1.165, 1.54) is 11.2 Å². The van der Waals surface area contributed by atoms with E-state index >= 15 is 0 Å². The number of halogens is 2. The van der Waals surface area contributed by atoms with Crippen molar-refractivity contribution >= 4 is 52.1 Å². The molecule has 0 radical (unpaired) electrons. The Morgan fingerprint density at radius 1 is 1.10 bits per heavy atom. The molecule has 31 heavy (non-hydrogen) atoms. The molecule has 0 unspecified atom stereocenters. The zero-order valence-electron chi connectivity index (χ0n) is 17.0. The first-order chi connectivity index (χ1) is 14.8. The highest BCUT2D eigenvalue weighted by molar-refractivity contribution is 6.38. The Balaban J connectivity index is 1.53. The topological polar surface area (TPSA) is 68.8 Å². The summed E-state index contributed by atoms with van der Waals surface area (Å²) in [7, 11) is 0. The van der Waals surface area contributed by atoms with Crippen molar-refractivity contribution in [2.24, 2.45) is 5.10 Å². The second-order valence-corrected chi connectivity index (χ2v) is 9.16. The molecule has 2 aliphatic heterocycles. The molecular formula is C23H20Cl2N4O2. The monoisotopic (exact) mass is 454 g/mol. The minimum atomic E-state index is -0.647. The highest BCUT2D eigenvalue weighted by Gasteiger charge is 2.51. The Bertz CT molecular complexity index is 1240. The van der Waals surface area contributed by atoms with E-state index in [2.05, 4.69) is 10.1 Å². The summed E-state index contributed by atoms with van der Waals surface area (Å²) in [6.07, 6.45) is 1.88. The Kier molecular flexibility index (Phi) is 4.61. The van der Waals surface area contributed by atoms with Gasteiger partial charge in [0.15, 0.2) is 0 Å². The van der Waals surface area contributed by atoms with Gasteiger partial charge in [-0.15, -0.1) is 0 Å². The minimum Gasteiger partial charge on any atom is -0.356 e. The van der Waals surface area contributed by atoms with Crippen molar-refractivity contribution in [1.29, 1.82) is 0 Å². The summed E-state index contributed by atoms with van der Waals surface area (Å²) in [4.78, 5) is 31.7. The molecule has 1 atom stereocenters. The van der Waals surface area contributed by atoms with Crippen molar-refractivity contribution in [3.8, 4) is 0 Å². The van der Waals surface area contributed by atoms with Crippen molar-refractivity contribution in [3.63, 3.8) is 0 Å². The number of carbonyl (C=O) groups is 2. The predicted octanol–water partition coefficient (Wildman–Crippen LogP) is 4.34. The molecule has 3 aromatic rings. The molecule has 158 valence electrons. The lowest BCUT2D eigenvalue weighted by molar-refractivity contribution is -0.163. The first kappa shape index (κ1) is 20.1. The van der Waals surface area contributed by atoms with E-state index < -0.39 is 11.6 Å². The van der Waals surface area contributed by atoms with Crippen LogP contribution in [0.2, 0.25) is 10.0 Å². The SMILES string of the molecule is CC1(C)c2[nH]c3ccccc3c2C[C@H]2C(=O)N(N=Cc3c(Cl)cccc3Cl)CC(=O)N21. The number of hydrogen-bond acceptors (Lipinski definition) is 3. The number of nitrogens with one attached hydrogen (secondary N) is 1. The van der Waals surface area contributed by atoms with Crippen LogP contribution in [0.4, 0.5) is 0 Å². The molecular weight excluding hydrogens is 435 g/mol. The minimum absolute atomic E-state index is 0.132. The molecule has 6 nitrogen and oxygen atoms in total. The summed E-state index contributed by atoms with van der Waals surface area (Å²) >= 11 is 12.4. The van der Waals surface area contributed by atoms with Crippen molar-refractivity contribution in [2.45, 2.75) is 31.8 Å². The van der Waals surface area contributed by atoms with Gasteiger partial charge in [0.05, 0.1) is 21.8 Å². The number of benzene rings is 2. The van der Waals surface area contributed by atoms with Crippen LogP contribution in [0.1, 0.15) is 30.7 Å². The Morgan fingerprint density at radius 2 is 1.81 bits per heavy atom. The second-order valence-electron chi connectivity index (χ2n) is 8.34. The van der Waals surface area contributed by atoms with Gasteiger partial charge in [-0.1, -0.05) is 47.5 Å². The molecule has 2 amide bonds. The largest absolute Gasteiger partial charge is 0.356 e. The van der Waals surface area contributed by atoms with Crippen LogP contribution < -0.4 is 0 Å². The number of H-pyrrole nitrogens is 1. The average molecular weight is 455 g/mol. The van der Waals surface area contributed by atoms with Gasteiger partial charge < -0.3 is 9.88 Å². The lowest BCUT2D eigenvalue weighted by Gasteiger charge is -2.50. The third-order valence-corrected chi connectivity index (χ3v) is 6.82. The molecule has 0 saturated carbocycles. The van der Waals surface area contributed by atoms with E-state index in [0.29, 0.717) is 22.0 Å². The van der Waals surface area contributed by atoms with Crippen LogP contribution >= 0.6 is 23.2 Å². The summed E-state index contributed by atoms with van der Waals surface area (Å²) in [5, 5.41) is 7.44. The van der Waals surface area contributed by atoms with E-state index in [4.69, 9.17) is 23.2 Å². The summed E-state index contributed by atoms with van der Waals surface area (Å²) in [5.74, 6) is -0.371. The molecule has 1 N–H and O–H groups in total. The first-order valence-electron chi connectivity index (χ1n) is 10.0. The van der Waals surface area contributed by atoms with E-state index in [-0.39, 0.29) is 18.4 Å². The number of aromatic nitrogens is 1. The average Bonchev–Trinajstić information content (AvgIpc) is 3.10. The number of piperazine rings is 1. The van der Waals surface area contributed by atoms with Gasteiger partial charge in [0, 0.05) is 28.6 Å².